The van der Waals surface area contributed by atoms with Gasteiger partial charge in [-0.1, -0.05) is 13.8 Å². The summed E-state index contributed by atoms with van der Waals surface area (Å²) < 4.78 is 0. The highest BCUT2D eigenvalue weighted by Crippen LogP contribution is 2.01. The Morgan fingerprint density at radius 2 is 2.12 bits per heavy atom. The summed E-state index contributed by atoms with van der Waals surface area (Å²) in [4.78, 5) is 0. The first-order valence-electron chi connectivity index (χ1n) is 3.27. The Kier molecular flexibility index (Phi) is 5.08. The molecule has 1 radical (unpaired) electrons. The van der Waals surface area contributed by atoms with Crippen LogP contribution in [-0.4, -0.2) is 6.54 Å². The first-order valence-corrected chi connectivity index (χ1v) is 3.27. The number of hydrogen-bond acceptors (Lipinski definition) is 1. The number of rotatable bonds is 4. The van der Waals surface area contributed by atoms with E-state index in [0.29, 0.717) is 0 Å². The molecule has 0 saturated carbocycles. The van der Waals surface area contributed by atoms with Crippen LogP contribution in [0, 0.1) is 13.0 Å². The summed E-state index contributed by atoms with van der Waals surface area (Å²) in [5.74, 6) is 0.836. The molecule has 0 saturated heterocycles. The average Bonchev–Trinajstić information content (AvgIpc) is 1.66. The number of hydrogen-bond donors (Lipinski definition) is 1. The predicted octanol–water partition coefficient (Wildman–Crippen LogP) is 1.80. The Labute approximate surface area is 52.5 Å². The molecule has 0 atom stereocenters. The Hall–Kier alpha value is -0.0400. The van der Waals surface area contributed by atoms with Crippen molar-refractivity contribution in [1.82, 2.24) is 5.32 Å². The summed E-state index contributed by atoms with van der Waals surface area (Å²) in [7, 11) is 3.53. The van der Waals surface area contributed by atoms with Crippen molar-refractivity contribution in [3.05, 3.63) is 7.05 Å². The lowest BCUT2D eigenvalue weighted by atomic mass is 10.1. The smallest absolute Gasteiger partial charge is 0.00767 e. The van der Waals surface area contributed by atoms with E-state index in [2.05, 4.69) is 26.2 Å². The van der Waals surface area contributed by atoms with Crippen LogP contribution in [0.15, 0.2) is 0 Å². The monoisotopic (exact) mass is 114 g/mol. The van der Waals surface area contributed by atoms with E-state index in [9.17, 15) is 0 Å². The van der Waals surface area contributed by atoms with E-state index < -0.39 is 0 Å². The predicted molar refractivity (Wildman–Crippen MR) is 37.4 cm³/mol. The fourth-order valence-corrected chi connectivity index (χ4v) is 0.635. The summed E-state index contributed by atoms with van der Waals surface area (Å²) in [5, 5.41) is 2.87. The lowest BCUT2D eigenvalue weighted by molar-refractivity contribution is 0.547. The average molecular weight is 114 g/mol. The summed E-state index contributed by atoms with van der Waals surface area (Å²) in [6.07, 6.45) is 2.56. The zero-order valence-corrected chi connectivity index (χ0v) is 5.91. The SMILES string of the molecule is [CH2]NCCCC(C)C. The van der Waals surface area contributed by atoms with Crippen molar-refractivity contribution in [1.29, 1.82) is 0 Å². The first kappa shape index (κ1) is 7.96. The second kappa shape index (κ2) is 5.10. The van der Waals surface area contributed by atoms with E-state index in [4.69, 9.17) is 0 Å². The maximum absolute atomic E-state index is 3.53. The maximum atomic E-state index is 3.53. The van der Waals surface area contributed by atoms with Gasteiger partial charge in [-0.15, -0.1) is 0 Å². The summed E-state index contributed by atoms with van der Waals surface area (Å²) in [5.41, 5.74) is 0. The Bertz CT molecular complexity index is 41.7. The largest absolute Gasteiger partial charge is 0.315 e. The minimum atomic E-state index is 0.836. The third kappa shape index (κ3) is 5.96. The van der Waals surface area contributed by atoms with Gasteiger partial charge in [0.1, 0.15) is 0 Å². The molecule has 1 nitrogen and oxygen atoms in total. The fourth-order valence-electron chi connectivity index (χ4n) is 0.635. The van der Waals surface area contributed by atoms with Gasteiger partial charge in [0.2, 0.25) is 0 Å². The van der Waals surface area contributed by atoms with Gasteiger partial charge in [-0.05, 0) is 25.3 Å². The standard InChI is InChI=1S/C7H16N/c1-7(2)5-4-6-8-3/h7-8H,3-6H2,1-2H3. The van der Waals surface area contributed by atoms with Gasteiger partial charge in [-0.25, -0.2) is 0 Å². The van der Waals surface area contributed by atoms with Crippen LogP contribution in [0.3, 0.4) is 0 Å². The minimum absolute atomic E-state index is 0.836. The third-order valence-corrected chi connectivity index (χ3v) is 1.14. The normalized spacial score (nSPS) is 10.5. The molecule has 1 N–H and O–H groups in total. The lowest BCUT2D eigenvalue weighted by Gasteiger charge is -2.01. The maximum Gasteiger partial charge on any atom is 0.00767 e. The zero-order chi connectivity index (χ0) is 6.41. The van der Waals surface area contributed by atoms with Crippen LogP contribution in [-0.2, 0) is 0 Å². The molecule has 49 valence electrons. The summed E-state index contributed by atoms with van der Waals surface area (Å²) >= 11 is 0. The Morgan fingerprint density at radius 3 is 2.50 bits per heavy atom. The van der Waals surface area contributed by atoms with Gasteiger partial charge in [0.15, 0.2) is 0 Å². The molecular formula is C7H16N. The van der Waals surface area contributed by atoms with Gasteiger partial charge >= 0.3 is 0 Å². The molecule has 0 rings (SSSR count). The van der Waals surface area contributed by atoms with Gasteiger partial charge in [-0.3, -0.25) is 0 Å². The van der Waals surface area contributed by atoms with Crippen LogP contribution >= 0.6 is 0 Å². The van der Waals surface area contributed by atoms with Crippen LogP contribution < -0.4 is 5.32 Å². The summed E-state index contributed by atoms with van der Waals surface area (Å²) in [6.45, 7) is 5.53. The molecule has 0 spiro atoms. The van der Waals surface area contributed by atoms with Gasteiger partial charge in [0.25, 0.3) is 0 Å². The quantitative estimate of drug-likeness (QED) is 0.549. The number of nitrogens with one attached hydrogen (secondary N) is 1. The van der Waals surface area contributed by atoms with Gasteiger partial charge in [0.05, 0.1) is 0 Å². The zero-order valence-electron chi connectivity index (χ0n) is 5.91. The Balaban J connectivity index is 2.72. The van der Waals surface area contributed by atoms with Crippen LogP contribution in [0.5, 0.6) is 0 Å². The molecule has 8 heavy (non-hydrogen) atoms. The van der Waals surface area contributed by atoms with Crippen molar-refractivity contribution in [2.45, 2.75) is 26.7 Å². The van der Waals surface area contributed by atoms with Crippen molar-refractivity contribution in [2.24, 2.45) is 5.92 Å². The highest BCUT2D eigenvalue weighted by Gasteiger charge is 1.90. The molecule has 0 fully saturated rings. The van der Waals surface area contributed by atoms with E-state index in [1.165, 1.54) is 12.8 Å². The molecule has 0 bridgehead atoms. The van der Waals surface area contributed by atoms with Crippen LogP contribution in [0.2, 0.25) is 0 Å². The molecule has 0 amide bonds. The van der Waals surface area contributed by atoms with Gasteiger partial charge in [-0.2, -0.15) is 0 Å². The van der Waals surface area contributed by atoms with E-state index in [0.717, 1.165) is 12.5 Å². The van der Waals surface area contributed by atoms with Crippen LogP contribution in [0.4, 0.5) is 0 Å². The highest BCUT2D eigenvalue weighted by molar-refractivity contribution is 4.48. The molecule has 0 heterocycles. The second-order valence-corrected chi connectivity index (χ2v) is 2.54. The third-order valence-electron chi connectivity index (χ3n) is 1.14. The van der Waals surface area contributed by atoms with Gasteiger partial charge < -0.3 is 5.32 Å². The topological polar surface area (TPSA) is 12.0 Å². The van der Waals surface area contributed by atoms with Crippen molar-refractivity contribution in [2.75, 3.05) is 6.54 Å². The molecule has 0 aliphatic rings. The van der Waals surface area contributed by atoms with Gasteiger partial charge in [0, 0.05) is 7.05 Å². The molecule has 1 heteroatoms. The minimum Gasteiger partial charge on any atom is -0.315 e. The second-order valence-electron chi connectivity index (χ2n) is 2.54. The summed E-state index contributed by atoms with van der Waals surface area (Å²) in [6, 6.07) is 0. The molecular weight excluding hydrogens is 98.1 g/mol. The van der Waals surface area contributed by atoms with E-state index >= 15 is 0 Å². The van der Waals surface area contributed by atoms with Crippen LogP contribution in [0.25, 0.3) is 0 Å². The van der Waals surface area contributed by atoms with Crippen molar-refractivity contribution in [3.8, 4) is 0 Å². The molecule has 0 aromatic heterocycles. The van der Waals surface area contributed by atoms with E-state index in [-0.39, 0.29) is 0 Å². The van der Waals surface area contributed by atoms with E-state index in [1.54, 1.807) is 0 Å². The van der Waals surface area contributed by atoms with Crippen LogP contribution in [0.1, 0.15) is 26.7 Å². The first-order chi connectivity index (χ1) is 3.77. The lowest BCUT2D eigenvalue weighted by Crippen LogP contribution is -2.05. The molecule has 0 aliphatic carbocycles. The van der Waals surface area contributed by atoms with E-state index in [1.807, 2.05) is 0 Å². The molecule has 0 aliphatic heterocycles. The Morgan fingerprint density at radius 1 is 1.50 bits per heavy atom. The highest BCUT2D eigenvalue weighted by atomic mass is 14.8. The van der Waals surface area contributed by atoms with Crippen molar-refractivity contribution >= 4 is 0 Å². The molecule has 0 aromatic rings. The fraction of sp³-hybridized carbons (Fsp3) is 0.857. The molecule has 0 aromatic carbocycles. The molecule has 0 unspecified atom stereocenters. The van der Waals surface area contributed by atoms with Crippen molar-refractivity contribution in [3.63, 3.8) is 0 Å². The van der Waals surface area contributed by atoms with Crippen molar-refractivity contribution < 1.29 is 0 Å².